The first-order valence-electron chi connectivity index (χ1n) is 8.40. The molecule has 128 valence electrons. The number of ether oxygens (including phenoxy) is 2. The molecule has 0 aliphatic carbocycles. The number of guanidine groups is 1. The first-order chi connectivity index (χ1) is 11.1. The van der Waals surface area contributed by atoms with Crippen molar-refractivity contribution in [3.63, 3.8) is 0 Å². The number of hydrogen-bond donors (Lipinski definition) is 2. The smallest absolute Gasteiger partial charge is 0.191 e. The van der Waals surface area contributed by atoms with Gasteiger partial charge in [-0.15, -0.1) is 0 Å². The summed E-state index contributed by atoms with van der Waals surface area (Å²) in [6.07, 6.45) is 2.73. The molecule has 5 heteroatoms. The van der Waals surface area contributed by atoms with Crippen LogP contribution in [-0.4, -0.2) is 38.4 Å². The van der Waals surface area contributed by atoms with Gasteiger partial charge < -0.3 is 20.1 Å². The summed E-state index contributed by atoms with van der Waals surface area (Å²) in [5.41, 5.74) is 2.33. The first-order valence-corrected chi connectivity index (χ1v) is 8.40. The lowest BCUT2D eigenvalue weighted by Crippen LogP contribution is -2.40. The number of nitrogens with one attached hydrogen (secondary N) is 2. The Morgan fingerprint density at radius 1 is 1.39 bits per heavy atom. The van der Waals surface area contributed by atoms with Gasteiger partial charge in [-0.3, -0.25) is 4.99 Å². The Bertz CT molecular complexity index is 523. The minimum atomic E-state index is 0.160. The van der Waals surface area contributed by atoms with Gasteiger partial charge in [0.1, 0.15) is 5.75 Å². The third kappa shape index (κ3) is 5.75. The minimum Gasteiger partial charge on any atom is -0.491 e. The molecule has 2 N–H and O–H groups in total. The number of benzene rings is 1. The van der Waals surface area contributed by atoms with Gasteiger partial charge in [-0.1, -0.05) is 12.1 Å². The van der Waals surface area contributed by atoms with Gasteiger partial charge in [-0.2, -0.15) is 0 Å². The fourth-order valence-electron chi connectivity index (χ4n) is 2.59. The van der Waals surface area contributed by atoms with Gasteiger partial charge in [0, 0.05) is 32.3 Å². The van der Waals surface area contributed by atoms with E-state index in [0.717, 1.165) is 43.3 Å². The first kappa shape index (κ1) is 17.6. The molecule has 1 saturated heterocycles. The van der Waals surface area contributed by atoms with Gasteiger partial charge in [-0.25, -0.2) is 0 Å². The van der Waals surface area contributed by atoms with Crippen molar-refractivity contribution in [2.75, 3.05) is 20.2 Å². The zero-order valence-electron chi connectivity index (χ0n) is 14.7. The van der Waals surface area contributed by atoms with E-state index in [9.17, 15) is 0 Å². The molecule has 2 rings (SSSR count). The van der Waals surface area contributed by atoms with Gasteiger partial charge >= 0.3 is 0 Å². The Labute approximate surface area is 139 Å². The molecule has 1 atom stereocenters. The average molecular weight is 319 g/mol. The van der Waals surface area contributed by atoms with Crippen LogP contribution in [0.5, 0.6) is 5.75 Å². The molecule has 0 saturated carbocycles. The van der Waals surface area contributed by atoms with Gasteiger partial charge in [0.05, 0.1) is 12.2 Å². The van der Waals surface area contributed by atoms with Crippen molar-refractivity contribution in [2.24, 2.45) is 4.99 Å². The van der Waals surface area contributed by atoms with E-state index in [0.29, 0.717) is 12.6 Å². The normalized spacial score (nSPS) is 18.3. The Hall–Kier alpha value is -1.75. The Balaban J connectivity index is 1.90. The lowest BCUT2D eigenvalue weighted by atomic mass is 10.1. The molecule has 1 unspecified atom stereocenters. The average Bonchev–Trinajstić information content (AvgIpc) is 3.02. The molecule has 0 spiro atoms. The molecule has 23 heavy (non-hydrogen) atoms. The third-order valence-electron chi connectivity index (χ3n) is 3.78. The van der Waals surface area contributed by atoms with Crippen molar-refractivity contribution in [2.45, 2.75) is 52.4 Å². The number of aryl methyl sites for hydroxylation is 1. The van der Waals surface area contributed by atoms with E-state index in [1.54, 1.807) is 7.05 Å². The summed E-state index contributed by atoms with van der Waals surface area (Å²) >= 11 is 0. The van der Waals surface area contributed by atoms with Gasteiger partial charge in [0.15, 0.2) is 5.96 Å². The molecular weight excluding hydrogens is 290 g/mol. The predicted octanol–water partition coefficient (Wildman–Crippen LogP) is 2.63. The molecule has 1 aliphatic rings. The Morgan fingerprint density at radius 2 is 2.22 bits per heavy atom. The second kappa shape index (κ2) is 8.77. The maximum absolute atomic E-state index is 5.91. The number of rotatable bonds is 6. The maximum Gasteiger partial charge on any atom is 0.191 e. The van der Waals surface area contributed by atoms with Gasteiger partial charge in [0.25, 0.3) is 0 Å². The quantitative estimate of drug-likeness (QED) is 0.625. The van der Waals surface area contributed by atoms with Crippen LogP contribution in [0.2, 0.25) is 0 Å². The molecule has 0 radical (unpaired) electrons. The van der Waals surface area contributed by atoms with E-state index in [1.165, 1.54) is 5.56 Å². The minimum absolute atomic E-state index is 0.160. The summed E-state index contributed by atoms with van der Waals surface area (Å²) in [5, 5.41) is 6.67. The van der Waals surface area contributed by atoms with E-state index in [4.69, 9.17) is 9.47 Å². The van der Waals surface area contributed by atoms with Crippen molar-refractivity contribution < 1.29 is 9.47 Å². The van der Waals surface area contributed by atoms with Crippen molar-refractivity contribution in [3.05, 3.63) is 29.3 Å². The van der Waals surface area contributed by atoms with Crippen LogP contribution in [0, 0.1) is 6.92 Å². The molecule has 1 heterocycles. The molecule has 0 bridgehead atoms. The number of hydrogen-bond acceptors (Lipinski definition) is 3. The summed E-state index contributed by atoms with van der Waals surface area (Å²) in [6, 6.07) is 6.29. The molecule has 5 nitrogen and oxygen atoms in total. The van der Waals surface area contributed by atoms with Gasteiger partial charge in [0.2, 0.25) is 0 Å². The van der Waals surface area contributed by atoms with E-state index in [-0.39, 0.29) is 6.10 Å². The Kier molecular flexibility index (Phi) is 6.71. The van der Waals surface area contributed by atoms with Crippen molar-refractivity contribution in [1.82, 2.24) is 10.6 Å². The van der Waals surface area contributed by atoms with Crippen LogP contribution in [0.3, 0.4) is 0 Å². The monoisotopic (exact) mass is 319 g/mol. The fourth-order valence-corrected chi connectivity index (χ4v) is 2.59. The van der Waals surface area contributed by atoms with Gasteiger partial charge in [-0.05, 0) is 45.2 Å². The summed E-state index contributed by atoms with van der Waals surface area (Å²) in [6.45, 7) is 8.50. The predicted molar refractivity (Wildman–Crippen MR) is 94.1 cm³/mol. The van der Waals surface area contributed by atoms with E-state index in [1.807, 2.05) is 13.8 Å². The summed E-state index contributed by atoms with van der Waals surface area (Å²) < 4.78 is 11.5. The molecule has 1 aliphatic heterocycles. The van der Waals surface area contributed by atoms with Crippen LogP contribution < -0.4 is 15.4 Å². The highest BCUT2D eigenvalue weighted by Gasteiger charge is 2.15. The molecule has 1 aromatic rings. The highest BCUT2D eigenvalue weighted by atomic mass is 16.5. The van der Waals surface area contributed by atoms with Crippen LogP contribution in [0.15, 0.2) is 23.2 Å². The Morgan fingerprint density at radius 3 is 2.87 bits per heavy atom. The molecule has 1 aromatic carbocycles. The molecule has 0 aromatic heterocycles. The van der Waals surface area contributed by atoms with Crippen molar-refractivity contribution in [1.29, 1.82) is 0 Å². The van der Waals surface area contributed by atoms with Crippen molar-refractivity contribution >= 4 is 5.96 Å². The van der Waals surface area contributed by atoms with Crippen molar-refractivity contribution in [3.8, 4) is 5.75 Å². The van der Waals surface area contributed by atoms with Crippen LogP contribution in [0.25, 0.3) is 0 Å². The number of aliphatic imine (C=N–C) groups is 1. The molecule has 0 amide bonds. The van der Waals surface area contributed by atoms with Crippen LogP contribution >= 0.6 is 0 Å². The zero-order valence-corrected chi connectivity index (χ0v) is 14.7. The largest absolute Gasteiger partial charge is 0.491 e. The molecular formula is C18H29N3O2. The van der Waals surface area contributed by atoms with E-state index >= 15 is 0 Å². The number of nitrogens with zero attached hydrogens (tertiary/aromatic N) is 1. The second-order valence-corrected chi connectivity index (χ2v) is 6.22. The highest BCUT2D eigenvalue weighted by Crippen LogP contribution is 2.21. The zero-order chi connectivity index (χ0) is 16.7. The second-order valence-electron chi connectivity index (χ2n) is 6.22. The summed E-state index contributed by atoms with van der Waals surface area (Å²) in [7, 11) is 1.78. The van der Waals surface area contributed by atoms with E-state index in [2.05, 4.69) is 40.7 Å². The topological polar surface area (TPSA) is 54.9 Å². The molecule has 1 fully saturated rings. The summed E-state index contributed by atoms with van der Waals surface area (Å²) in [4.78, 5) is 4.27. The SMILES string of the molecule is CN=C(NCc1ccc(C)cc1OC(C)C)NCC1CCCO1. The maximum atomic E-state index is 5.91. The van der Waals surface area contributed by atoms with Crippen LogP contribution in [0.4, 0.5) is 0 Å². The third-order valence-corrected chi connectivity index (χ3v) is 3.78. The lowest BCUT2D eigenvalue weighted by molar-refractivity contribution is 0.114. The van der Waals surface area contributed by atoms with Crippen LogP contribution in [0.1, 0.15) is 37.8 Å². The fraction of sp³-hybridized carbons (Fsp3) is 0.611. The van der Waals surface area contributed by atoms with E-state index < -0.39 is 0 Å². The highest BCUT2D eigenvalue weighted by molar-refractivity contribution is 5.79. The summed E-state index contributed by atoms with van der Waals surface area (Å²) in [5.74, 6) is 1.72. The lowest BCUT2D eigenvalue weighted by Gasteiger charge is -2.18. The standard InChI is InChI=1S/C18H29N3O2/c1-13(2)23-17-10-14(3)7-8-15(17)11-20-18(19-4)21-12-16-6-5-9-22-16/h7-8,10,13,16H,5-6,9,11-12H2,1-4H3,(H2,19,20,21). The van der Waals surface area contributed by atoms with Crippen LogP contribution in [-0.2, 0) is 11.3 Å².